The summed E-state index contributed by atoms with van der Waals surface area (Å²) in [6, 6.07) is 13.4. The Kier molecular flexibility index (Phi) is 7.18. The van der Waals surface area contributed by atoms with Gasteiger partial charge in [-0.3, -0.25) is 9.69 Å². The van der Waals surface area contributed by atoms with Crippen molar-refractivity contribution in [3.05, 3.63) is 82.7 Å². The summed E-state index contributed by atoms with van der Waals surface area (Å²) < 4.78 is 59.4. The van der Waals surface area contributed by atoms with E-state index in [1.54, 1.807) is 25.1 Å². The molecule has 0 radical (unpaired) electrons. The van der Waals surface area contributed by atoms with Crippen LogP contribution in [-0.2, 0) is 24.1 Å². The van der Waals surface area contributed by atoms with Crippen molar-refractivity contribution in [3.63, 3.8) is 0 Å². The van der Waals surface area contributed by atoms with E-state index in [-0.39, 0.29) is 35.8 Å². The molecule has 4 aromatic rings. The van der Waals surface area contributed by atoms with Crippen molar-refractivity contribution in [1.82, 2.24) is 15.0 Å². The summed E-state index contributed by atoms with van der Waals surface area (Å²) in [5, 5.41) is 13.3. The molecule has 1 aliphatic carbocycles. The average molecular weight is 574 g/mol. The number of carboxylic acid groups (broad SMARTS) is 1. The first-order valence-electron chi connectivity index (χ1n) is 12.5. The van der Waals surface area contributed by atoms with Gasteiger partial charge in [-0.1, -0.05) is 23.4 Å². The number of aryl methyl sites for hydroxylation is 1. The van der Waals surface area contributed by atoms with Gasteiger partial charge in [0.1, 0.15) is 5.82 Å². The maximum absolute atomic E-state index is 14.4. The van der Waals surface area contributed by atoms with Crippen LogP contribution in [-0.4, -0.2) is 32.2 Å². The summed E-state index contributed by atoms with van der Waals surface area (Å²) in [4.78, 5) is 17.9. The minimum absolute atomic E-state index is 0. The molecule has 0 amide bonds. The van der Waals surface area contributed by atoms with Crippen LogP contribution in [0.3, 0.4) is 0 Å². The summed E-state index contributed by atoms with van der Waals surface area (Å²) in [6.07, 6.45) is -3.24. The number of aromatic nitrogens is 2. The molecule has 0 unspecified atom stereocenters. The zero-order valence-corrected chi connectivity index (χ0v) is 22.0. The number of hydrogen-bond donors (Lipinski definition) is 1. The molecular weight excluding hydrogens is 550 g/mol. The van der Waals surface area contributed by atoms with Gasteiger partial charge in [-0.25, -0.2) is 4.39 Å². The van der Waals surface area contributed by atoms with Gasteiger partial charge in [0.05, 0.1) is 11.5 Å². The Morgan fingerprint density at radius 3 is 2.40 bits per heavy atom. The maximum Gasteiger partial charge on any atom is 0.416 e. The van der Waals surface area contributed by atoms with Gasteiger partial charge >= 0.3 is 12.1 Å². The number of halogens is 5. The normalized spacial score (nSPS) is 18.6. The average Bonchev–Trinajstić information content (AvgIpc) is 3.49. The van der Waals surface area contributed by atoms with Gasteiger partial charge in [-0.05, 0) is 78.4 Å². The van der Waals surface area contributed by atoms with Crippen LogP contribution in [0.15, 0.2) is 59.1 Å². The molecule has 1 saturated carbocycles. The molecule has 208 valence electrons. The first kappa shape index (κ1) is 27.8. The number of carbonyl (C=O) groups is 1. The van der Waals surface area contributed by atoms with Crippen LogP contribution in [0.2, 0.25) is 0 Å². The Balaban J connectivity index is 0.00000323. The molecule has 1 aromatic heterocycles. The van der Waals surface area contributed by atoms with Gasteiger partial charge < -0.3 is 9.63 Å². The minimum Gasteiger partial charge on any atom is -0.481 e. The van der Waals surface area contributed by atoms with Crippen LogP contribution in [0.5, 0.6) is 0 Å². The number of benzene rings is 3. The molecule has 0 saturated heterocycles. The highest BCUT2D eigenvalue weighted by Gasteiger charge is 2.39. The van der Waals surface area contributed by atoms with E-state index in [1.807, 2.05) is 18.2 Å². The number of fused-ring (bicyclic) bond motifs is 1. The molecule has 2 heterocycles. The molecule has 6 nitrogen and oxygen atoms in total. The first-order valence-corrected chi connectivity index (χ1v) is 12.5. The Hall–Kier alpha value is -3.76. The molecule has 3 aromatic carbocycles. The van der Waals surface area contributed by atoms with Crippen LogP contribution in [0, 0.1) is 18.7 Å². The number of aliphatic carboxylic acids is 1. The second kappa shape index (κ2) is 10.3. The Morgan fingerprint density at radius 1 is 0.975 bits per heavy atom. The largest absolute Gasteiger partial charge is 0.481 e. The summed E-state index contributed by atoms with van der Waals surface area (Å²) in [7, 11) is 0. The predicted molar refractivity (Wildman–Crippen MR) is 141 cm³/mol. The molecule has 1 aliphatic heterocycles. The molecule has 1 N–H and O–H groups in total. The number of hydrogen-bond acceptors (Lipinski definition) is 5. The van der Waals surface area contributed by atoms with Crippen LogP contribution in [0.4, 0.5) is 17.6 Å². The standard InChI is InChI=1S/C29H23F4N3O3.ClH/c1-15-8-17(4-6-23(15)24-12-21(29(31,32)33)5-7-25(24)30)27-34-26(35-39-27)16-2-3-18-13-36(14-20(18)9-16)22-10-19(11-22)28(37)38;/h2-9,12,19,22H,10-11,13-14H2,1H3,(H,37,38);1H. The quantitative estimate of drug-likeness (QED) is 0.256. The molecule has 40 heavy (non-hydrogen) atoms. The van der Waals surface area contributed by atoms with E-state index in [2.05, 4.69) is 15.0 Å². The van der Waals surface area contributed by atoms with Gasteiger partial charge in [0.15, 0.2) is 0 Å². The lowest BCUT2D eigenvalue weighted by Crippen LogP contribution is -2.44. The third-order valence-electron chi connectivity index (χ3n) is 7.67. The fourth-order valence-electron chi connectivity index (χ4n) is 5.37. The van der Waals surface area contributed by atoms with Crippen LogP contribution < -0.4 is 0 Å². The molecule has 6 rings (SSSR count). The molecule has 0 bridgehead atoms. The Bertz CT molecular complexity index is 1600. The van der Waals surface area contributed by atoms with E-state index in [0.29, 0.717) is 35.4 Å². The third-order valence-corrected chi connectivity index (χ3v) is 7.67. The SMILES string of the molecule is Cc1cc(-c2nc(-c3ccc4c(c3)CN(C3CC(C(=O)O)C3)C4)no2)ccc1-c1cc(C(F)(F)F)ccc1F.Cl. The van der Waals surface area contributed by atoms with Gasteiger partial charge in [0.25, 0.3) is 5.89 Å². The number of nitrogens with zero attached hydrogens (tertiary/aromatic N) is 3. The topological polar surface area (TPSA) is 79.5 Å². The summed E-state index contributed by atoms with van der Waals surface area (Å²) in [5.74, 6) is -1.10. The second-order valence-electron chi connectivity index (χ2n) is 10.2. The zero-order valence-electron chi connectivity index (χ0n) is 21.2. The second-order valence-corrected chi connectivity index (χ2v) is 10.2. The monoisotopic (exact) mass is 573 g/mol. The van der Waals surface area contributed by atoms with Gasteiger partial charge in [-0.15, -0.1) is 12.4 Å². The number of rotatable bonds is 5. The number of carboxylic acids is 1. The van der Waals surface area contributed by atoms with Crippen molar-refractivity contribution >= 4 is 18.4 Å². The summed E-state index contributed by atoms with van der Waals surface area (Å²) in [5.41, 5.74) is 3.52. The highest BCUT2D eigenvalue weighted by Crippen LogP contribution is 2.38. The Labute approximate surface area is 233 Å². The minimum atomic E-state index is -4.58. The van der Waals surface area contributed by atoms with E-state index >= 15 is 0 Å². The Morgan fingerprint density at radius 2 is 1.70 bits per heavy atom. The lowest BCUT2D eigenvalue weighted by molar-refractivity contribution is -0.147. The van der Waals surface area contributed by atoms with Crippen molar-refractivity contribution in [3.8, 4) is 34.0 Å². The smallest absolute Gasteiger partial charge is 0.416 e. The molecule has 0 atom stereocenters. The summed E-state index contributed by atoms with van der Waals surface area (Å²) >= 11 is 0. The molecule has 11 heteroatoms. The lowest BCUT2D eigenvalue weighted by atomic mass is 9.79. The molecule has 2 aliphatic rings. The van der Waals surface area contributed by atoms with Crippen molar-refractivity contribution in [2.24, 2.45) is 5.92 Å². The van der Waals surface area contributed by atoms with E-state index in [9.17, 15) is 22.4 Å². The van der Waals surface area contributed by atoms with Crippen molar-refractivity contribution in [1.29, 1.82) is 0 Å². The van der Waals surface area contributed by atoms with E-state index in [0.717, 1.165) is 42.4 Å². The lowest BCUT2D eigenvalue weighted by Gasteiger charge is -2.39. The van der Waals surface area contributed by atoms with Gasteiger partial charge in [0, 0.05) is 35.8 Å². The fraction of sp³-hybridized carbons (Fsp3) is 0.276. The highest BCUT2D eigenvalue weighted by atomic mass is 35.5. The molecule has 1 fully saturated rings. The van der Waals surface area contributed by atoms with Crippen LogP contribution >= 0.6 is 12.4 Å². The first-order chi connectivity index (χ1) is 18.6. The highest BCUT2D eigenvalue weighted by molar-refractivity contribution is 5.85. The van der Waals surface area contributed by atoms with E-state index in [4.69, 9.17) is 9.63 Å². The van der Waals surface area contributed by atoms with Crippen molar-refractivity contribution in [2.75, 3.05) is 0 Å². The van der Waals surface area contributed by atoms with E-state index in [1.165, 1.54) is 5.56 Å². The molecule has 0 spiro atoms. The van der Waals surface area contributed by atoms with Crippen molar-refractivity contribution in [2.45, 2.75) is 45.1 Å². The summed E-state index contributed by atoms with van der Waals surface area (Å²) in [6.45, 7) is 3.20. The van der Waals surface area contributed by atoms with Crippen molar-refractivity contribution < 1.29 is 32.0 Å². The maximum atomic E-state index is 14.4. The van der Waals surface area contributed by atoms with Gasteiger partial charge in [-0.2, -0.15) is 18.2 Å². The van der Waals surface area contributed by atoms with E-state index < -0.39 is 23.5 Å². The predicted octanol–water partition coefficient (Wildman–Crippen LogP) is 7.14. The fourth-order valence-corrected chi connectivity index (χ4v) is 5.37. The van der Waals surface area contributed by atoms with Gasteiger partial charge in [0.2, 0.25) is 5.82 Å². The third kappa shape index (κ3) is 5.09. The van der Waals surface area contributed by atoms with Crippen LogP contribution in [0.25, 0.3) is 34.0 Å². The van der Waals surface area contributed by atoms with Crippen LogP contribution in [0.1, 0.15) is 35.1 Å². The number of alkyl halides is 3. The zero-order chi connectivity index (χ0) is 27.5. The molecular formula is C29H24ClF4N3O3.